The largest absolute Gasteiger partial charge is 0.316 e. The van der Waals surface area contributed by atoms with Crippen molar-refractivity contribution in [2.75, 3.05) is 0 Å². The highest BCUT2D eigenvalue weighted by Crippen LogP contribution is 2.24. The molecule has 0 saturated heterocycles. The second-order valence-electron chi connectivity index (χ2n) is 5.17. The number of fused-ring (bicyclic) bond motifs is 1. The molecule has 0 aliphatic carbocycles. The smallest absolute Gasteiger partial charge is 0.163 e. The molecule has 4 heteroatoms. The predicted molar refractivity (Wildman–Crippen MR) is 69.2 cm³/mol. The van der Waals surface area contributed by atoms with Gasteiger partial charge in [0.25, 0.3) is 0 Å². The van der Waals surface area contributed by atoms with Gasteiger partial charge in [0, 0.05) is 13.0 Å². The van der Waals surface area contributed by atoms with Crippen LogP contribution in [-0.2, 0) is 7.05 Å². The molecule has 0 bridgehead atoms. The molecule has 92 valence electrons. The Balaban J connectivity index is 2.81. The first-order chi connectivity index (χ1) is 7.91. The second-order valence-corrected chi connectivity index (χ2v) is 5.17. The van der Waals surface area contributed by atoms with Gasteiger partial charge in [-0.05, 0) is 12.8 Å². The maximum Gasteiger partial charge on any atom is 0.163 e. The summed E-state index contributed by atoms with van der Waals surface area (Å²) in [6, 6.07) is 0. The van der Waals surface area contributed by atoms with E-state index in [-0.39, 0.29) is 0 Å². The summed E-state index contributed by atoms with van der Waals surface area (Å²) in [7, 11) is 2.01. The van der Waals surface area contributed by atoms with E-state index in [2.05, 4.69) is 42.6 Å². The van der Waals surface area contributed by atoms with Crippen molar-refractivity contribution >= 4 is 11.2 Å². The van der Waals surface area contributed by atoms with Crippen LogP contribution in [0.4, 0.5) is 0 Å². The highest BCUT2D eigenvalue weighted by Gasteiger charge is 2.17. The first kappa shape index (κ1) is 12.0. The van der Waals surface area contributed by atoms with Crippen molar-refractivity contribution < 1.29 is 0 Å². The Bertz CT molecular complexity index is 552. The van der Waals surface area contributed by atoms with Gasteiger partial charge in [0.15, 0.2) is 5.65 Å². The number of rotatable bonds is 2. The molecule has 0 aromatic carbocycles. The van der Waals surface area contributed by atoms with Gasteiger partial charge >= 0.3 is 0 Å². The van der Waals surface area contributed by atoms with Crippen LogP contribution in [0.3, 0.4) is 0 Å². The molecule has 2 rings (SSSR count). The highest BCUT2D eigenvalue weighted by molar-refractivity contribution is 5.74. The third-order valence-corrected chi connectivity index (χ3v) is 3.05. The number of hydrogen-bond donors (Lipinski definition) is 0. The first-order valence-corrected chi connectivity index (χ1v) is 6.12. The topological polar surface area (TPSA) is 43.6 Å². The Morgan fingerprint density at radius 2 is 1.59 bits per heavy atom. The molecule has 0 saturated carbocycles. The molecule has 0 aliphatic rings. The monoisotopic (exact) mass is 232 g/mol. The van der Waals surface area contributed by atoms with Crippen molar-refractivity contribution in [2.45, 2.75) is 46.5 Å². The van der Waals surface area contributed by atoms with Gasteiger partial charge in [-0.1, -0.05) is 27.7 Å². The van der Waals surface area contributed by atoms with Crippen molar-refractivity contribution in [3.63, 3.8) is 0 Å². The molecular formula is C13H20N4. The molecule has 0 amide bonds. The Morgan fingerprint density at radius 3 is 2.12 bits per heavy atom. The van der Waals surface area contributed by atoms with Crippen molar-refractivity contribution in [3.8, 4) is 0 Å². The Hall–Kier alpha value is -1.45. The third-order valence-electron chi connectivity index (χ3n) is 3.05. The van der Waals surface area contributed by atoms with E-state index in [1.54, 1.807) is 0 Å². The van der Waals surface area contributed by atoms with E-state index in [4.69, 9.17) is 0 Å². The van der Waals surface area contributed by atoms with Gasteiger partial charge in [-0.3, -0.25) is 0 Å². The van der Waals surface area contributed by atoms with E-state index in [1.165, 1.54) is 0 Å². The zero-order valence-electron chi connectivity index (χ0n) is 11.4. The summed E-state index contributed by atoms with van der Waals surface area (Å²) in [5.74, 6) is 2.60. The summed E-state index contributed by atoms with van der Waals surface area (Å²) in [6.45, 7) is 10.5. The minimum atomic E-state index is 0.340. The van der Waals surface area contributed by atoms with E-state index < -0.39 is 0 Å². The molecule has 0 fully saturated rings. The van der Waals surface area contributed by atoms with E-state index in [1.807, 2.05) is 18.5 Å². The van der Waals surface area contributed by atoms with Crippen LogP contribution < -0.4 is 0 Å². The summed E-state index contributed by atoms with van der Waals surface area (Å²) >= 11 is 0. The summed E-state index contributed by atoms with van der Waals surface area (Å²) in [5, 5.41) is 0. The number of imidazole rings is 1. The lowest BCUT2D eigenvalue weighted by Gasteiger charge is -2.10. The van der Waals surface area contributed by atoms with Crippen LogP contribution in [0, 0.1) is 6.92 Å². The van der Waals surface area contributed by atoms with Crippen molar-refractivity contribution in [2.24, 2.45) is 7.05 Å². The van der Waals surface area contributed by atoms with E-state index in [9.17, 15) is 0 Å². The minimum Gasteiger partial charge on any atom is -0.316 e. The first-order valence-electron chi connectivity index (χ1n) is 6.12. The lowest BCUT2D eigenvalue weighted by molar-refractivity contribution is 0.736. The Labute approximate surface area is 102 Å². The predicted octanol–water partition coefficient (Wildman–Crippen LogP) is 2.92. The van der Waals surface area contributed by atoms with Crippen LogP contribution in [0.5, 0.6) is 0 Å². The van der Waals surface area contributed by atoms with Crippen molar-refractivity contribution in [3.05, 3.63) is 17.3 Å². The molecule has 17 heavy (non-hydrogen) atoms. The molecule has 0 radical (unpaired) electrons. The zero-order chi connectivity index (χ0) is 12.7. The van der Waals surface area contributed by atoms with Gasteiger partial charge in [0.1, 0.15) is 17.2 Å². The van der Waals surface area contributed by atoms with Crippen molar-refractivity contribution in [1.29, 1.82) is 0 Å². The molecule has 0 atom stereocenters. The molecule has 2 aromatic heterocycles. The number of nitrogens with zero attached hydrogens (tertiary/aromatic N) is 4. The molecular weight excluding hydrogens is 212 g/mol. The average molecular weight is 232 g/mol. The maximum absolute atomic E-state index is 4.67. The lowest BCUT2D eigenvalue weighted by Crippen LogP contribution is -2.05. The van der Waals surface area contributed by atoms with Gasteiger partial charge in [-0.15, -0.1) is 0 Å². The van der Waals surface area contributed by atoms with E-state index in [0.29, 0.717) is 11.8 Å². The summed E-state index contributed by atoms with van der Waals surface area (Å²) in [4.78, 5) is 13.9. The third kappa shape index (κ3) is 1.92. The fourth-order valence-electron chi connectivity index (χ4n) is 1.87. The maximum atomic E-state index is 4.67. The Kier molecular flexibility index (Phi) is 2.89. The SMILES string of the molecule is Cc1nc2c(C(C)C)nc(C(C)C)nc2n1C. The van der Waals surface area contributed by atoms with Crippen LogP contribution in [0.15, 0.2) is 0 Å². The number of aromatic nitrogens is 4. The molecule has 0 aliphatic heterocycles. The molecule has 0 spiro atoms. The zero-order valence-corrected chi connectivity index (χ0v) is 11.4. The number of aryl methyl sites for hydroxylation is 2. The van der Waals surface area contributed by atoms with Crippen LogP contribution in [0.25, 0.3) is 11.2 Å². The van der Waals surface area contributed by atoms with Crippen LogP contribution in [-0.4, -0.2) is 19.5 Å². The summed E-state index contributed by atoms with van der Waals surface area (Å²) in [5.41, 5.74) is 2.96. The number of hydrogen-bond acceptors (Lipinski definition) is 3. The lowest BCUT2D eigenvalue weighted by atomic mass is 10.1. The minimum absolute atomic E-state index is 0.340. The Morgan fingerprint density at radius 1 is 0.941 bits per heavy atom. The van der Waals surface area contributed by atoms with Crippen LogP contribution >= 0.6 is 0 Å². The van der Waals surface area contributed by atoms with Gasteiger partial charge < -0.3 is 4.57 Å². The van der Waals surface area contributed by atoms with Gasteiger partial charge in [0.2, 0.25) is 0 Å². The van der Waals surface area contributed by atoms with E-state index in [0.717, 1.165) is 28.5 Å². The van der Waals surface area contributed by atoms with Gasteiger partial charge in [0.05, 0.1) is 5.69 Å². The normalized spacial score (nSPS) is 12.0. The molecule has 0 unspecified atom stereocenters. The van der Waals surface area contributed by atoms with Gasteiger partial charge in [-0.25, -0.2) is 15.0 Å². The fraction of sp³-hybridized carbons (Fsp3) is 0.615. The standard InChI is InChI=1S/C13H20N4/c1-7(2)10-11-13(17(6)9(5)14-11)16-12(15-10)8(3)4/h7-8H,1-6H3. The van der Waals surface area contributed by atoms with Gasteiger partial charge in [-0.2, -0.15) is 0 Å². The van der Waals surface area contributed by atoms with Crippen LogP contribution in [0.2, 0.25) is 0 Å². The summed E-state index contributed by atoms with van der Waals surface area (Å²) < 4.78 is 2.04. The second kappa shape index (κ2) is 4.09. The van der Waals surface area contributed by atoms with Crippen molar-refractivity contribution in [1.82, 2.24) is 19.5 Å². The summed E-state index contributed by atoms with van der Waals surface area (Å²) in [6.07, 6.45) is 0. The molecule has 2 heterocycles. The molecule has 2 aromatic rings. The van der Waals surface area contributed by atoms with E-state index >= 15 is 0 Å². The quantitative estimate of drug-likeness (QED) is 0.799. The highest BCUT2D eigenvalue weighted by atomic mass is 15.1. The average Bonchev–Trinajstić information content (AvgIpc) is 2.54. The molecule has 0 N–H and O–H groups in total. The molecule has 4 nitrogen and oxygen atoms in total. The fourth-order valence-corrected chi connectivity index (χ4v) is 1.87. The van der Waals surface area contributed by atoms with Crippen LogP contribution in [0.1, 0.15) is 56.9 Å².